The van der Waals surface area contributed by atoms with E-state index in [0.29, 0.717) is 5.56 Å². The second-order valence-electron chi connectivity index (χ2n) is 5.33. The molecule has 0 radical (unpaired) electrons. The van der Waals surface area contributed by atoms with Crippen molar-refractivity contribution in [3.8, 4) is 5.75 Å². The number of hydroxylamine groups is 1. The lowest BCUT2D eigenvalue weighted by Gasteiger charge is -2.13. The van der Waals surface area contributed by atoms with Gasteiger partial charge in [-0.3, -0.25) is 15.0 Å². The predicted molar refractivity (Wildman–Crippen MR) is 92.0 cm³/mol. The van der Waals surface area contributed by atoms with Gasteiger partial charge in [-0.1, -0.05) is 12.1 Å². The Balaban J connectivity index is 1.97. The van der Waals surface area contributed by atoms with Gasteiger partial charge in [-0.15, -0.1) is 0 Å². The number of nitrogens with one attached hydrogen (secondary N) is 2. The van der Waals surface area contributed by atoms with Crippen molar-refractivity contribution in [3.05, 3.63) is 59.8 Å². The monoisotopic (exact) mass is 323 g/mol. The summed E-state index contributed by atoms with van der Waals surface area (Å²) < 4.78 is 5.23. The number of aromatic nitrogens is 1. The highest BCUT2D eigenvalue weighted by Crippen LogP contribution is 2.28. The number of aryl methyl sites for hydroxylation is 1. The lowest BCUT2D eigenvalue weighted by Crippen LogP contribution is -2.18. The third-order valence-corrected chi connectivity index (χ3v) is 3.82. The number of anilines is 2. The molecule has 1 aromatic heterocycles. The predicted octanol–water partition coefficient (Wildman–Crippen LogP) is 3.41. The summed E-state index contributed by atoms with van der Waals surface area (Å²) in [6.07, 6.45) is 1.44. The Morgan fingerprint density at radius 1 is 1.21 bits per heavy atom. The fourth-order valence-corrected chi connectivity index (χ4v) is 2.53. The van der Waals surface area contributed by atoms with Gasteiger partial charge in [0.05, 0.1) is 18.2 Å². The number of amides is 1. The molecule has 0 saturated carbocycles. The van der Waals surface area contributed by atoms with E-state index in [9.17, 15) is 4.79 Å². The summed E-state index contributed by atoms with van der Waals surface area (Å²) in [4.78, 5) is 15.8. The van der Waals surface area contributed by atoms with E-state index < -0.39 is 5.91 Å². The maximum atomic E-state index is 11.5. The van der Waals surface area contributed by atoms with E-state index in [1.54, 1.807) is 18.7 Å². The molecule has 0 spiro atoms. The van der Waals surface area contributed by atoms with Crippen LogP contribution in [0.3, 0.4) is 0 Å². The zero-order valence-corrected chi connectivity index (χ0v) is 13.3. The molecule has 6 heteroatoms. The van der Waals surface area contributed by atoms with Gasteiger partial charge in [-0.2, -0.15) is 0 Å². The van der Waals surface area contributed by atoms with Crippen LogP contribution in [-0.4, -0.2) is 23.2 Å². The number of methoxy groups -OCH3 is 1. The molecule has 0 fully saturated rings. The molecule has 122 valence electrons. The van der Waals surface area contributed by atoms with Crippen molar-refractivity contribution in [2.24, 2.45) is 0 Å². The van der Waals surface area contributed by atoms with Gasteiger partial charge >= 0.3 is 0 Å². The van der Waals surface area contributed by atoms with Crippen LogP contribution in [0.4, 0.5) is 11.4 Å². The highest BCUT2D eigenvalue weighted by molar-refractivity contribution is 5.98. The average Bonchev–Trinajstić information content (AvgIpc) is 2.63. The molecule has 24 heavy (non-hydrogen) atoms. The van der Waals surface area contributed by atoms with Crippen LogP contribution >= 0.6 is 0 Å². The topological polar surface area (TPSA) is 83.5 Å². The first kappa shape index (κ1) is 15.8. The Kier molecular flexibility index (Phi) is 4.31. The Morgan fingerprint density at radius 2 is 2.04 bits per heavy atom. The van der Waals surface area contributed by atoms with Gasteiger partial charge in [0.1, 0.15) is 5.75 Å². The van der Waals surface area contributed by atoms with Crippen LogP contribution in [0.2, 0.25) is 0 Å². The lowest BCUT2D eigenvalue weighted by atomic mass is 10.1. The number of hydrogen-bond donors (Lipinski definition) is 3. The summed E-state index contributed by atoms with van der Waals surface area (Å²) in [5, 5.41) is 12.9. The van der Waals surface area contributed by atoms with Crippen molar-refractivity contribution in [2.45, 2.75) is 6.92 Å². The van der Waals surface area contributed by atoms with E-state index in [-0.39, 0.29) is 0 Å². The van der Waals surface area contributed by atoms with Crippen molar-refractivity contribution in [3.63, 3.8) is 0 Å². The van der Waals surface area contributed by atoms with Gasteiger partial charge in [0.15, 0.2) is 0 Å². The fourth-order valence-electron chi connectivity index (χ4n) is 2.53. The number of pyridine rings is 1. The van der Waals surface area contributed by atoms with Gasteiger partial charge in [-0.25, -0.2) is 5.48 Å². The van der Waals surface area contributed by atoms with Crippen LogP contribution in [0.15, 0.2) is 48.7 Å². The quantitative estimate of drug-likeness (QED) is 0.506. The Bertz CT molecular complexity index is 909. The third kappa shape index (κ3) is 3.00. The van der Waals surface area contributed by atoms with Gasteiger partial charge in [0, 0.05) is 29.0 Å². The van der Waals surface area contributed by atoms with E-state index in [0.717, 1.165) is 33.6 Å². The first-order valence-electron chi connectivity index (χ1n) is 7.37. The van der Waals surface area contributed by atoms with E-state index in [4.69, 9.17) is 9.94 Å². The van der Waals surface area contributed by atoms with Gasteiger partial charge in [0.2, 0.25) is 0 Å². The smallest absolute Gasteiger partial charge is 0.276 e. The van der Waals surface area contributed by atoms with Crippen LogP contribution in [0.5, 0.6) is 5.75 Å². The highest BCUT2D eigenvalue weighted by atomic mass is 16.5. The van der Waals surface area contributed by atoms with E-state index >= 15 is 0 Å². The molecule has 0 saturated heterocycles. The summed E-state index contributed by atoms with van der Waals surface area (Å²) in [7, 11) is 1.63. The summed E-state index contributed by atoms with van der Waals surface area (Å²) in [5.74, 6) is 0.192. The number of nitrogens with zero attached hydrogens (tertiary/aromatic N) is 1. The first-order chi connectivity index (χ1) is 11.6. The summed E-state index contributed by atoms with van der Waals surface area (Å²) in [6, 6.07) is 13.2. The zero-order chi connectivity index (χ0) is 17.1. The largest absolute Gasteiger partial charge is 0.497 e. The molecule has 0 atom stereocenters. The number of fused-ring (bicyclic) bond motifs is 1. The summed E-state index contributed by atoms with van der Waals surface area (Å²) in [6.45, 7) is 1.96. The molecular weight excluding hydrogens is 306 g/mol. The molecule has 2 aromatic carbocycles. The average molecular weight is 323 g/mol. The molecule has 0 aliphatic carbocycles. The lowest BCUT2D eigenvalue weighted by molar-refractivity contribution is 0.0706. The standard InChI is InChI=1S/C18H17N3O3/c1-11-16(20-14-4-3-5-15(9-14)24-2)7-6-12-8-13(18(22)21-23)10-19-17(11)12/h3-10,20,23H,1-2H3,(H,21,22). The maximum Gasteiger partial charge on any atom is 0.276 e. The van der Waals surface area contributed by atoms with Crippen LogP contribution in [0, 0.1) is 6.92 Å². The molecule has 1 amide bonds. The SMILES string of the molecule is COc1cccc(Nc2ccc3cc(C(=O)NO)cnc3c2C)c1. The minimum Gasteiger partial charge on any atom is -0.497 e. The molecule has 0 bridgehead atoms. The number of ether oxygens (including phenoxy) is 1. The number of benzene rings is 2. The van der Waals surface area contributed by atoms with Crippen molar-refractivity contribution in [2.75, 3.05) is 12.4 Å². The summed E-state index contributed by atoms with van der Waals surface area (Å²) in [5.41, 5.74) is 5.50. The Labute approximate surface area is 139 Å². The normalized spacial score (nSPS) is 10.5. The number of rotatable bonds is 4. The fraction of sp³-hybridized carbons (Fsp3) is 0.111. The minimum absolute atomic E-state index is 0.304. The van der Waals surface area contributed by atoms with Gasteiger partial charge < -0.3 is 10.1 Å². The van der Waals surface area contributed by atoms with Gasteiger partial charge in [0.25, 0.3) is 5.91 Å². The van der Waals surface area contributed by atoms with Gasteiger partial charge in [-0.05, 0) is 36.8 Å². The number of hydrogen-bond acceptors (Lipinski definition) is 5. The molecule has 1 heterocycles. The van der Waals surface area contributed by atoms with Crippen molar-refractivity contribution in [1.29, 1.82) is 0 Å². The van der Waals surface area contributed by atoms with E-state index in [1.807, 2.05) is 43.3 Å². The van der Waals surface area contributed by atoms with E-state index in [2.05, 4.69) is 10.3 Å². The van der Waals surface area contributed by atoms with E-state index in [1.165, 1.54) is 6.20 Å². The molecule has 6 nitrogen and oxygen atoms in total. The molecule has 0 unspecified atom stereocenters. The molecular formula is C18H17N3O3. The first-order valence-corrected chi connectivity index (χ1v) is 7.37. The van der Waals surface area contributed by atoms with Crippen molar-refractivity contribution in [1.82, 2.24) is 10.5 Å². The third-order valence-electron chi connectivity index (χ3n) is 3.82. The van der Waals surface area contributed by atoms with Crippen molar-refractivity contribution >= 4 is 28.2 Å². The molecule has 3 rings (SSSR count). The van der Waals surface area contributed by atoms with Crippen LogP contribution in [0.1, 0.15) is 15.9 Å². The maximum absolute atomic E-state index is 11.5. The molecule has 3 aromatic rings. The minimum atomic E-state index is -0.583. The second kappa shape index (κ2) is 6.55. The summed E-state index contributed by atoms with van der Waals surface area (Å²) >= 11 is 0. The number of carbonyl (C=O) groups excluding carboxylic acids is 1. The number of carbonyl (C=O) groups is 1. The second-order valence-corrected chi connectivity index (χ2v) is 5.33. The van der Waals surface area contributed by atoms with Crippen LogP contribution in [-0.2, 0) is 0 Å². The van der Waals surface area contributed by atoms with Crippen molar-refractivity contribution < 1.29 is 14.7 Å². The zero-order valence-electron chi connectivity index (χ0n) is 13.3. The molecule has 0 aliphatic rings. The molecule has 0 aliphatic heterocycles. The van der Waals surface area contributed by atoms with Crippen LogP contribution in [0.25, 0.3) is 10.9 Å². The van der Waals surface area contributed by atoms with Crippen LogP contribution < -0.4 is 15.5 Å². The molecule has 3 N–H and O–H groups in total. The Morgan fingerprint density at radius 3 is 2.79 bits per heavy atom. The Hall–Kier alpha value is -3.12. The highest BCUT2D eigenvalue weighted by Gasteiger charge is 2.10.